The first-order valence-corrected chi connectivity index (χ1v) is 4.82. The molecule has 0 atom stereocenters. The zero-order chi connectivity index (χ0) is 12.6. The standard InChI is InChI=1S/C10H5ClF2N4/c11-7-6(12)2-1-4(8(7)13)9-5(3-14)10(15)17-16-9/h1-2H,(H3,15,16,17). The Hall–Kier alpha value is -2.13. The predicted molar refractivity (Wildman–Crippen MR) is 58.1 cm³/mol. The third-order valence-corrected chi connectivity index (χ3v) is 2.56. The van der Waals surface area contributed by atoms with Gasteiger partial charge in [-0.1, -0.05) is 11.6 Å². The molecule has 0 fully saturated rings. The van der Waals surface area contributed by atoms with E-state index in [0.29, 0.717) is 0 Å². The molecule has 7 heteroatoms. The van der Waals surface area contributed by atoms with Gasteiger partial charge < -0.3 is 5.73 Å². The Morgan fingerprint density at radius 1 is 1.41 bits per heavy atom. The highest BCUT2D eigenvalue weighted by atomic mass is 35.5. The van der Waals surface area contributed by atoms with Crippen molar-refractivity contribution >= 4 is 17.4 Å². The number of hydrogen-bond donors (Lipinski definition) is 2. The first-order valence-electron chi connectivity index (χ1n) is 4.44. The molecule has 1 aromatic heterocycles. The van der Waals surface area contributed by atoms with Crippen molar-refractivity contribution in [1.82, 2.24) is 10.2 Å². The molecule has 3 N–H and O–H groups in total. The average molecular weight is 255 g/mol. The summed E-state index contributed by atoms with van der Waals surface area (Å²) >= 11 is 5.44. The van der Waals surface area contributed by atoms with E-state index in [9.17, 15) is 8.78 Å². The number of aromatic nitrogens is 2. The fourth-order valence-corrected chi connectivity index (χ4v) is 1.55. The molecule has 0 radical (unpaired) electrons. The van der Waals surface area contributed by atoms with Gasteiger partial charge in [-0.3, -0.25) is 5.10 Å². The van der Waals surface area contributed by atoms with Crippen molar-refractivity contribution in [3.05, 3.63) is 34.4 Å². The largest absolute Gasteiger partial charge is 0.381 e. The van der Waals surface area contributed by atoms with E-state index in [2.05, 4.69) is 10.2 Å². The first-order chi connectivity index (χ1) is 8.06. The van der Waals surface area contributed by atoms with E-state index < -0.39 is 16.7 Å². The smallest absolute Gasteiger partial charge is 0.163 e. The van der Waals surface area contributed by atoms with Gasteiger partial charge in [0.15, 0.2) is 11.6 Å². The number of halogens is 3. The molecule has 0 unspecified atom stereocenters. The van der Waals surface area contributed by atoms with Crippen LogP contribution >= 0.6 is 11.6 Å². The summed E-state index contributed by atoms with van der Waals surface area (Å²) in [6.45, 7) is 0. The maximum absolute atomic E-state index is 13.7. The fraction of sp³-hybridized carbons (Fsp3) is 0. The van der Waals surface area contributed by atoms with Crippen LogP contribution in [0, 0.1) is 23.0 Å². The van der Waals surface area contributed by atoms with Crippen molar-refractivity contribution in [1.29, 1.82) is 5.26 Å². The fourth-order valence-electron chi connectivity index (χ4n) is 1.38. The minimum Gasteiger partial charge on any atom is -0.381 e. The van der Waals surface area contributed by atoms with Gasteiger partial charge in [0.2, 0.25) is 0 Å². The molecule has 0 bridgehead atoms. The highest BCUT2D eigenvalue weighted by molar-refractivity contribution is 6.31. The number of aromatic amines is 1. The lowest BCUT2D eigenvalue weighted by Crippen LogP contribution is -1.92. The van der Waals surface area contributed by atoms with Crippen LogP contribution in [0.2, 0.25) is 5.02 Å². The number of H-pyrrole nitrogens is 1. The van der Waals surface area contributed by atoms with Gasteiger partial charge in [-0.05, 0) is 12.1 Å². The average Bonchev–Trinajstić information content (AvgIpc) is 2.67. The molecular weight excluding hydrogens is 250 g/mol. The van der Waals surface area contributed by atoms with Gasteiger partial charge in [0.05, 0.1) is 5.69 Å². The lowest BCUT2D eigenvalue weighted by Gasteiger charge is -2.03. The molecule has 2 rings (SSSR count). The molecule has 0 spiro atoms. The minimum absolute atomic E-state index is 0.00780. The van der Waals surface area contributed by atoms with Crippen LogP contribution in [0.15, 0.2) is 12.1 Å². The van der Waals surface area contributed by atoms with E-state index >= 15 is 0 Å². The summed E-state index contributed by atoms with van der Waals surface area (Å²) in [5.41, 5.74) is 5.42. The second-order valence-corrected chi connectivity index (χ2v) is 3.57. The molecule has 1 aromatic carbocycles. The van der Waals surface area contributed by atoms with E-state index in [4.69, 9.17) is 22.6 Å². The lowest BCUT2D eigenvalue weighted by molar-refractivity contribution is 0.586. The molecule has 2 aromatic rings. The van der Waals surface area contributed by atoms with E-state index in [1.807, 2.05) is 0 Å². The number of benzene rings is 1. The highest BCUT2D eigenvalue weighted by Crippen LogP contribution is 2.31. The summed E-state index contributed by atoms with van der Waals surface area (Å²) in [6.07, 6.45) is 0. The number of rotatable bonds is 1. The van der Waals surface area contributed by atoms with Gasteiger partial charge in [-0.15, -0.1) is 0 Å². The SMILES string of the molecule is N#Cc1c(N)n[nH]c1-c1ccc(F)c(Cl)c1F. The third-order valence-electron chi connectivity index (χ3n) is 2.21. The van der Waals surface area contributed by atoms with E-state index in [1.165, 1.54) is 0 Å². The van der Waals surface area contributed by atoms with Gasteiger partial charge in [-0.2, -0.15) is 10.4 Å². The summed E-state index contributed by atoms with van der Waals surface area (Å²) in [6, 6.07) is 3.94. The van der Waals surface area contributed by atoms with Crippen LogP contribution in [-0.2, 0) is 0 Å². The zero-order valence-corrected chi connectivity index (χ0v) is 9.02. The number of nitriles is 1. The van der Waals surface area contributed by atoms with Crippen LogP contribution in [-0.4, -0.2) is 10.2 Å². The predicted octanol–water partition coefficient (Wildman–Crippen LogP) is 2.46. The quantitative estimate of drug-likeness (QED) is 0.767. The van der Waals surface area contributed by atoms with Crippen molar-refractivity contribution < 1.29 is 8.78 Å². The first kappa shape index (κ1) is 11.4. The number of nitrogens with one attached hydrogen (secondary N) is 1. The topological polar surface area (TPSA) is 78.5 Å². The zero-order valence-electron chi connectivity index (χ0n) is 8.26. The number of anilines is 1. The molecule has 0 amide bonds. The summed E-state index contributed by atoms with van der Waals surface area (Å²) in [4.78, 5) is 0. The summed E-state index contributed by atoms with van der Waals surface area (Å²) < 4.78 is 26.7. The number of hydrogen-bond acceptors (Lipinski definition) is 3. The minimum atomic E-state index is -0.966. The van der Waals surface area contributed by atoms with E-state index in [1.54, 1.807) is 6.07 Å². The van der Waals surface area contributed by atoms with E-state index in [-0.39, 0.29) is 22.6 Å². The molecule has 0 aliphatic carbocycles. The van der Waals surface area contributed by atoms with Crippen molar-refractivity contribution in [3.63, 3.8) is 0 Å². The van der Waals surface area contributed by atoms with Crippen LogP contribution in [0.3, 0.4) is 0 Å². The molecule has 0 aliphatic rings. The second-order valence-electron chi connectivity index (χ2n) is 3.19. The molecule has 4 nitrogen and oxygen atoms in total. The lowest BCUT2D eigenvalue weighted by atomic mass is 10.1. The molecule has 0 aliphatic heterocycles. The molecule has 1 heterocycles. The molecule has 86 valence electrons. The van der Waals surface area contributed by atoms with E-state index in [0.717, 1.165) is 12.1 Å². The number of nitrogen functional groups attached to an aromatic ring is 1. The number of nitrogens with two attached hydrogens (primary N) is 1. The monoisotopic (exact) mass is 254 g/mol. The molecule has 0 saturated carbocycles. The Kier molecular flexibility index (Phi) is 2.69. The van der Waals surface area contributed by atoms with Crippen molar-refractivity contribution in [2.45, 2.75) is 0 Å². The van der Waals surface area contributed by atoms with Crippen molar-refractivity contribution in [2.75, 3.05) is 5.73 Å². The van der Waals surface area contributed by atoms with Crippen LogP contribution in [0.1, 0.15) is 5.56 Å². The molecule has 17 heavy (non-hydrogen) atoms. The number of nitrogens with zero attached hydrogens (tertiary/aromatic N) is 2. The Labute approximate surface area is 99.6 Å². The normalized spacial score (nSPS) is 10.2. The molecule has 0 saturated heterocycles. The Morgan fingerprint density at radius 2 is 2.12 bits per heavy atom. The van der Waals surface area contributed by atoms with Gasteiger partial charge in [0.1, 0.15) is 22.5 Å². The van der Waals surface area contributed by atoms with Crippen LogP contribution < -0.4 is 5.73 Å². The Morgan fingerprint density at radius 3 is 2.76 bits per heavy atom. The second kappa shape index (κ2) is 4.03. The van der Waals surface area contributed by atoms with Crippen LogP contribution in [0.25, 0.3) is 11.3 Å². The van der Waals surface area contributed by atoms with Gasteiger partial charge in [0, 0.05) is 5.56 Å². The van der Waals surface area contributed by atoms with Gasteiger partial charge in [-0.25, -0.2) is 8.78 Å². The third kappa shape index (κ3) is 1.70. The van der Waals surface area contributed by atoms with Crippen LogP contribution in [0.5, 0.6) is 0 Å². The summed E-state index contributed by atoms with van der Waals surface area (Å²) in [5, 5.41) is 14.2. The summed E-state index contributed by atoms with van der Waals surface area (Å²) in [5.74, 6) is -1.90. The summed E-state index contributed by atoms with van der Waals surface area (Å²) in [7, 11) is 0. The maximum Gasteiger partial charge on any atom is 0.163 e. The van der Waals surface area contributed by atoms with Gasteiger partial charge in [0.25, 0.3) is 0 Å². The van der Waals surface area contributed by atoms with Gasteiger partial charge >= 0.3 is 0 Å². The van der Waals surface area contributed by atoms with Crippen molar-refractivity contribution in [2.24, 2.45) is 0 Å². The highest BCUT2D eigenvalue weighted by Gasteiger charge is 2.19. The Bertz CT molecular complexity index is 630. The maximum atomic E-state index is 13.7. The Balaban J connectivity index is 2.70. The molecular formula is C10H5ClF2N4. The van der Waals surface area contributed by atoms with Crippen LogP contribution in [0.4, 0.5) is 14.6 Å². The van der Waals surface area contributed by atoms with Crippen molar-refractivity contribution in [3.8, 4) is 17.3 Å².